The van der Waals surface area contributed by atoms with Crippen molar-refractivity contribution in [3.05, 3.63) is 58.0 Å². The minimum atomic E-state index is -0.137. The lowest BCUT2D eigenvalue weighted by molar-refractivity contribution is 0.209. The van der Waals surface area contributed by atoms with Crippen LogP contribution in [0.15, 0.2) is 41.5 Å². The van der Waals surface area contributed by atoms with Gasteiger partial charge in [-0.3, -0.25) is 4.79 Å². The third-order valence-electron chi connectivity index (χ3n) is 3.38. The molecular formula is C15H16N2O2. The largest absolute Gasteiger partial charge is 0.488 e. The minimum Gasteiger partial charge on any atom is -0.488 e. The predicted octanol–water partition coefficient (Wildman–Crippen LogP) is 1.74. The molecule has 2 N–H and O–H groups in total. The van der Waals surface area contributed by atoms with E-state index in [0.29, 0.717) is 6.54 Å². The molecule has 98 valence electrons. The van der Waals surface area contributed by atoms with E-state index in [4.69, 9.17) is 10.5 Å². The summed E-state index contributed by atoms with van der Waals surface area (Å²) in [5, 5.41) is 0. The average molecular weight is 256 g/mol. The maximum absolute atomic E-state index is 11.3. The van der Waals surface area contributed by atoms with Crippen LogP contribution in [0.25, 0.3) is 0 Å². The van der Waals surface area contributed by atoms with Gasteiger partial charge in [0.2, 0.25) is 5.43 Å². The highest BCUT2D eigenvalue weighted by Crippen LogP contribution is 2.30. The van der Waals surface area contributed by atoms with Crippen molar-refractivity contribution in [3.63, 3.8) is 0 Å². The summed E-state index contributed by atoms with van der Waals surface area (Å²) in [6, 6.07) is 7.72. The summed E-state index contributed by atoms with van der Waals surface area (Å²) in [5.74, 6) is 0.963. The molecule has 0 amide bonds. The van der Waals surface area contributed by atoms with Crippen LogP contribution >= 0.6 is 0 Å². The van der Waals surface area contributed by atoms with E-state index >= 15 is 0 Å². The van der Waals surface area contributed by atoms with Crippen LogP contribution in [-0.4, -0.2) is 10.7 Å². The summed E-state index contributed by atoms with van der Waals surface area (Å²) < 4.78 is 7.80. The fourth-order valence-electron chi connectivity index (χ4n) is 2.44. The van der Waals surface area contributed by atoms with E-state index in [1.165, 1.54) is 17.2 Å². The van der Waals surface area contributed by atoms with Crippen LogP contribution in [0, 0.1) is 6.92 Å². The molecule has 3 rings (SSSR count). The number of nitrogens with two attached hydrogens (primary N) is 1. The molecule has 0 spiro atoms. The van der Waals surface area contributed by atoms with Crippen molar-refractivity contribution in [2.75, 3.05) is 5.73 Å². The number of hydrogen-bond donors (Lipinski definition) is 1. The van der Waals surface area contributed by atoms with Gasteiger partial charge in [0.15, 0.2) is 0 Å². The van der Waals surface area contributed by atoms with Gasteiger partial charge in [0.05, 0.1) is 12.2 Å². The summed E-state index contributed by atoms with van der Waals surface area (Å²) in [6.45, 7) is 2.77. The summed E-state index contributed by atoms with van der Waals surface area (Å²) in [5.41, 5.74) is 8.26. The molecule has 1 aromatic carbocycles. The van der Waals surface area contributed by atoms with E-state index in [0.717, 1.165) is 12.2 Å². The Morgan fingerprint density at radius 2 is 2.26 bits per heavy atom. The lowest BCUT2D eigenvalue weighted by atomic mass is 10.1. The van der Waals surface area contributed by atoms with Gasteiger partial charge >= 0.3 is 0 Å². The van der Waals surface area contributed by atoms with Gasteiger partial charge < -0.3 is 15.0 Å². The number of aryl methyl sites for hydroxylation is 1. The van der Waals surface area contributed by atoms with Crippen molar-refractivity contribution < 1.29 is 4.74 Å². The molecule has 4 heteroatoms. The zero-order valence-corrected chi connectivity index (χ0v) is 10.8. The topological polar surface area (TPSA) is 57.2 Å². The number of ether oxygens (including phenoxy) is 1. The van der Waals surface area contributed by atoms with E-state index in [-0.39, 0.29) is 17.2 Å². The first-order valence-electron chi connectivity index (χ1n) is 6.33. The Morgan fingerprint density at radius 3 is 3.05 bits per heavy atom. The van der Waals surface area contributed by atoms with Crippen LogP contribution in [-0.2, 0) is 13.0 Å². The maximum Gasteiger partial charge on any atom is 0.204 e. The maximum atomic E-state index is 11.3. The quantitative estimate of drug-likeness (QED) is 0.890. The van der Waals surface area contributed by atoms with E-state index in [1.54, 1.807) is 12.4 Å². The molecule has 0 fully saturated rings. The van der Waals surface area contributed by atoms with Gasteiger partial charge in [0, 0.05) is 24.9 Å². The fraction of sp³-hybridized carbons (Fsp3) is 0.267. The first kappa shape index (κ1) is 11.8. The lowest BCUT2D eigenvalue weighted by Gasteiger charge is -2.13. The van der Waals surface area contributed by atoms with Crippen LogP contribution < -0.4 is 15.9 Å². The Kier molecular flexibility index (Phi) is 2.78. The van der Waals surface area contributed by atoms with Crippen molar-refractivity contribution in [2.24, 2.45) is 0 Å². The van der Waals surface area contributed by atoms with Crippen LogP contribution in [0.2, 0.25) is 0 Å². The zero-order valence-electron chi connectivity index (χ0n) is 10.8. The standard InChI is InChI=1S/C15H16N2O2/c1-10-2-3-15-11(6-10)7-12(19-15)8-17-5-4-14(18)13(16)9-17/h2-6,9,12H,7-8,16H2,1H3. The Labute approximate surface area is 111 Å². The lowest BCUT2D eigenvalue weighted by Crippen LogP contribution is -2.22. The van der Waals surface area contributed by atoms with Crippen molar-refractivity contribution in [1.82, 2.24) is 4.57 Å². The molecule has 2 aromatic rings. The Bertz CT molecular complexity index is 676. The number of benzene rings is 1. The molecule has 0 aliphatic carbocycles. The highest BCUT2D eigenvalue weighted by Gasteiger charge is 2.22. The summed E-state index contributed by atoms with van der Waals surface area (Å²) >= 11 is 0. The molecule has 0 radical (unpaired) electrons. The van der Waals surface area contributed by atoms with Gasteiger partial charge in [0.1, 0.15) is 11.9 Å². The monoisotopic (exact) mass is 256 g/mol. The number of nitrogens with zero attached hydrogens (tertiary/aromatic N) is 1. The number of aromatic nitrogens is 1. The SMILES string of the molecule is Cc1ccc2c(c1)CC(Cn1ccc(=O)c(N)c1)O2. The highest BCUT2D eigenvalue weighted by molar-refractivity contribution is 5.40. The Hall–Kier alpha value is -2.23. The molecule has 0 saturated carbocycles. The first-order chi connectivity index (χ1) is 9.11. The number of fused-ring (bicyclic) bond motifs is 1. The molecule has 0 saturated heterocycles. The van der Waals surface area contributed by atoms with Crippen LogP contribution in [0.1, 0.15) is 11.1 Å². The van der Waals surface area contributed by atoms with Gasteiger partial charge in [-0.15, -0.1) is 0 Å². The van der Waals surface area contributed by atoms with Gasteiger partial charge in [-0.1, -0.05) is 17.7 Å². The molecule has 1 unspecified atom stereocenters. The molecule has 1 atom stereocenters. The molecule has 1 aliphatic heterocycles. The summed E-state index contributed by atoms with van der Waals surface area (Å²) in [6.07, 6.45) is 4.40. The number of anilines is 1. The molecule has 1 aromatic heterocycles. The van der Waals surface area contributed by atoms with Crippen molar-refractivity contribution in [1.29, 1.82) is 0 Å². The summed E-state index contributed by atoms with van der Waals surface area (Å²) in [4.78, 5) is 11.3. The molecular weight excluding hydrogens is 240 g/mol. The predicted molar refractivity (Wildman–Crippen MR) is 74.4 cm³/mol. The van der Waals surface area contributed by atoms with E-state index in [2.05, 4.69) is 19.1 Å². The van der Waals surface area contributed by atoms with E-state index in [9.17, 15) is 4.79 Å². The Balaban J connectivity index is 1.76. The Morgan fingerprint density at radius 1 is 1.42 bits per heavy atom. The van der Waals surface area contributed by atoms with Gasteiger partial charge in [0.25, 0.3) is 0 Å². The average Bonchev–Trinajstić information content (AvgIpc) is 2.75. The third-order valence-corrected chi connectivity index (χ3v) is 3.38. The molecule has 19 heavy (non-hydrogen) atoms. The van der Waals surface area contributed by atoms with Crippen molar-refractivity contribution in [3.8, 4) is 5.75 Å². The van der Waals surface area contributed by atoms with Gasteiger partial charge in [-0.2, -0.15) is 0 Å². The first-order valence-corrected chi connectivity index (χ1v) is 6.33. The zero-order chi connectivity index (χ0) is 13.4. The van der Waals surface area contributed by atoms with Crippen LogP contribution in [0.3, 0.4) is 0 Å². The van der Waals surface area contributed by atoms with Crippen LogP contribution in [0.5, 0.6) is 5.75 Å². The third kappa shape index (κ3) is 2.34. The minimum absolute atomic E-state index is 0.0960. The smallest absolute Gasteiger partial charge is 0.204 e. The summed E-state index contributed by atoms with van der Waals surface area (Å²) in [7, 11) is 0. The normalized spacial score (nSPS) is 17.0. The second-order valence-corrected chi connectivity index (χ2v) is 5.02. The van der Waals surface area contributed by atoms with Crippen LogP contribution in [0.4, 0.5) is 5.69 Å². The molecule has 4 nitrogen and oxygen atoms in total. The second-order valence-electron chi connectivity index (χ2n) is 5.02. The second kappa shape index (κ2) is 4.46. The molecule has 2 heterocycles. The van der Waals surface area contributed by atoms with E-state index in [1.807, 2.05) is 10.6 Å². The fourth-order valence-corrected chi connectivity index (χ4v) is 2.44. The number of nitrogen functional groups attached to an aromatic ring is 1. The van der Waals surface area contributed by atoms with Crippen molar-refractivity contribution >= 4 is 5.69 Å². The molecule has 1 aliphatic rings. The number of pyridine rings is 1. The number of hydrogen-bond acceptors (Lipinski definition) is 3. The number of rotatable bonds is 2. The van der Waals surface area contributed by atoms with Gasteiger partial charge in [-0.05, 0) is 18.6 Å². The highest BCUT2D eigenvalue weighted by atomic mass is 16.5. The van der Waals surface area contributed by atoms with Gasteiger partial charge in [-0.25, -0.2) is 0 Å². The van der Waals surface area contributed by atoms with Crippen molar-refractivity contribution in [2.45, 2.75) is 26.0 Å². The van der Waals surface area contributed by atoms with E-state index < -0.39 is 0 Å². The molecule has 0 bridgehead atoms.